The zero-order valence-electron chi connectivity index (χ0n) is 10.5. The normalized spacial score (nSPS) is 14.6. The maximum Gasteiger partial charge on any atom is 0.135 e. The number of anilines is 1. The zero-order valence-corrected chi connectivity index (χ0v) is 8.26. The van der Waals surface area contributed by atoms with Crippen molar-refractivity contribution < 1.29 is 4.11 Å². The van der Waals surface area contributed by atoms with Gasteiger partial charge in [0.25, 0.3) is 0 Å². The number of nitrogens with zero attached hydrogens (tertiary/aromatic N) is 2. The standard InChI is InChI=1S/C10H10ClN3/c1-6-4-14-10(12-2)8-5-13-9(11)3-7(6)8/h3-5H,1-2H3,(H,12,14)/i2D3. The fraction of sp³-hybridized carbons (Fsp3) is 0.200. The quantitative estimate of drug-likeness (QED) is 0.736. The maximum absolute atomic E-state index is 7.18. The highest BCUT2D eigenvalue weighted by Gasteiger charge is 2.04. The van der Waals surface area contributed by atoms with E-state index in [4.69, 9.17) is 15.7 Å². The second kappa shape index (κ2) is 3.42. The minimum Gasteiger partial charge on any atom is -0.373 e. The summed E-state index contributed by atoms with van der Waals surface area (Å²) in [5.74, 6) is 0.287. The third-order valence-corrected chi connectivity index (χ3v) is 2.26. The van der Waals surface area contributed by atoms with Crippen LogP contribution in [0.15, 0.2) is 18.5 Å². The van der Waals surface area contributed by atoms with Crippen LogP contribution in [0, 0.1) is 6.92 Å². The predicted octanol–water partition coefficient (Wildman–Crippen LogP) is 2.63. The van der Waals surface area contributed by atoms with Gasteiger partial charge in [-0.25, -0.2) is 9.97 Å². The number of fused-ring (bicyclic) bond motifs is 1. The van der Waals surface area contributed by atoms with E-state index in [1.807, 2.05) is 6.92 Å². The zero-order chi connectivity index (χ0) is 12.6. The van der Waals surface area contributed by atoms with Gasteiger partial charge < -0.3 is 5.32 Å². The van der Waals surface area contributed by atoms with Gasteiger partial charge in [0, 0.05) is 28.9 Å². The summed E-state index contributed by atoms with van der Waals surface area (Å²) in [5, 5.41) is 4.23. The van der Waals surface area contributed by atoms with E-state index in [1.165, 1.54) is 6.20 Å². The fourth-order valence-electron chi connectivity index (χ4n) is 1.34. The van der Waals surface area contributed by atoms with Gasteiger partial charge in [-0.05, 0) is 23.9 Å². The van der Waals surface area contributed by atoms with Crippen molar-refractivity contribution in [2.45, 2.75) is 6.92 Å². The van der Waals surface area contributed by atoms with Gasteiger partial charge in [0.05, 0.1) is 0 Å². The SMILES string of the molecule is [2H]C([2H])([2H])Nc1ncc(C)c2cc(Cl)ncc12. The van der Waals surface area contributed by atoms with Crippen LogP contribution in [0.3, 0.4) is 0 Å². The van der Waals surface area contributed by atoms with Gasteiger partial charge in [-0.3, -0.25) is 0 Å². The Kier molecular flexibility index (Phi) is 1.51. The first-order valence-corrected chi connectivity index (χ1v) is 4.44. The molecule has 4 heteroatoms. The number of hydrogen-bond donors (Lipinski definition) is 1. The van der Waals surface area contributed by atoms with Crippen molar-refractivity contribution in [1.29, 1.82) is 0 Å². The first-order valence-electron chi connectivity index (χ1n) is 5.56. The van der Waals surface area contributed by atoms with E-state index in [-0.39, 0.29) is 5.82 Å². The minimum absolute atomic E-state index is 0.287. The van der Waals surface area contributed by atoms with E-state index in [9.17, 15) is 0 Å². The molecule has 0 radical (unpaired) electrons. The molecule has 0 aliphatic carbocycles. The van der Waals surface area contributed by atoms with Crippen LogP contribution in [0.1, 0.15) is 9.68 Å². The number of rotatable bonds is 1. The Morgan fingerprint density at radius 3 is 3.00 bits per heavy atom. The van der Waals surface area contributed by atoms with Gasteiger partial charge in [0.2, 0.25) is 0 Å². The Morgan fingerprint density at radius 2 is 2.21 bits per heavy atom. The second-order valence-electron chi connectivity index (χ2n) is 2.97. The Balaban J connectivity index is 2.62. The molecule has 0 spiro atoms. The van der Waals surface area contributed by atoms with Crippen LogP contribution in [0.4, 0.5) is 5.82 Å². The fourth-order valence-corrected chi connectivity index (χ4v) is 1.50. The molecule has 1 N–H and O–H groups in total. The summed E-state index contributed by atoms with van der Waals surface area (Å²) >= 11 is 5.81. The van der Waals surface area contributed by atoms with Crippen LogP contribution < -0.4 is 5.32 Å². The highest BCUT2D eigenvalue weighted by molar-refractivity contribution is 6.30. The highest BCUT2D eigenvalue weighted by Crippen LogP contribution is 2.24. The Labute approximate surface area is 91.4 Å². The van der Waals surface area contributed by atoms with Crippen molar-refractivity contribution >= 4 is 28.2 Å². The summed E-state index contributed by atoms with van der Waals surface area (Å²) in [6.07, 6.45) is 3.12. The molecule has 0 bridgehead atoms. The number of aromatic nitrogens is 2. The molecule has 72 valence electrons. The van der Waals surface area contributed by atoms with Gasteiger partial charge in [0.15, 0.2) is 0 Å². The summed E-state index contributed by atoms with van der Waals surface area (Å²) in [6.45, 7) is -0.403. The molecule has 2 aromatic rings. The molecule has 0 aromatic carbocycles. The van der Waals surface area contributed by atoms with Gasteiger partial charge in [0.1, 0.15) is 11.0 Å². The smallest absolute Gasteiger partial charge is 0.135 e. The second-order valence-corrected chi connectivity index (χ2v) is 3.35. The summed E-state index contributed by atoms with van der Waals surface area (Å²) < 4.78 is 21.5. The summed E-state index contributed by atoms with van der Waals surface area (Å²) in [7, 11) is 0. The number of pyridine rings is 2. The molecule has 0 atom stereocenters. The van der Waals surface area contributed by atoms with Gasteiger partial charge in [-0.2, -0.15) is 0 Å². The number of hydrogen-bond acceptors (Lipinski definition) is 3. The highest BCUT2D eigenvalue weighted by atomic mass is 35.5. The number of aryl methyl sites for hydroxylation is 1. The van der Waals surface area contributed by atoms with Crippen LogP contribution in [0.2, 0.25) is 5.15 Å². The lowest BCUT2D eigenvalue weighted by Crippen LogP contribution is -1.95. The molecule has 14 heavy (non-hydrogen) atoms. The van der Waals surface area contributed by atoms with Crippen LogP contribution in [0.5, 0.6) is 0 Å². The number of halogens is 1. The summed E-state index contributed by atoms with van der Waals surface area (Å²) in [5.41, 5.74) is 0.917. The Morgan fingerprint density at radius 1 is 1.36 bits per heavy atom. The van der Waals surface area contributed by atoms with Crippen molar-refractivity contribution in [3.63, 3.8) is 0 Å². The van der Waals surface area contributed by atoms with Crippen LogP contribution in [0.25, 0.3) is 10.8 Å². The molecule has 2 rings (SSSR count). The van der Waals surface area contributed by atoms with Crippen LogP contribution in [-0.2, 0) is 0 Å². The molecule has 0 saturated carbocycles. The molecule has 2 aromatic heterocycles. The van der Waals surface area contributed by atoms with Crippen LogP contribution >= 0.6 is 11.6 Å². The maximum atomic E-state index is 7.18. The molecule has 2 heterocycles. The molecule has 0 amide bonds. The molecular weight excluding hydrogens is 198 g/mol. The first kappa shape index (κ1) is 6.19. The molecule has 0 aliphatic heterocycles. The molecule has 0 unspecified atom stereocenters. The molecule has 0 aliphatic rings. The van der Waals surface area contributed by atoms with Crippen molar-refractivity contribution in [3.8, 4) is 0 Å². The van der Waals surface area contributed by atoms with Gasteiger partial charge in [-0.1, -0.05) is 11.6 Å². The van der Waals surface area contributed by atoms with Gasteiger partial charge >= 0.3 is 0 Å². The first-order chi connectivity index (χ1) is 7.87. The lowest BCUT2D eigenvalue weighted by Gasteiger charge is -2.06. The third-order valence-electron chi connectivity index (χ3n) is 2.06. The lowest BCUT2D eigenvalue weighted by molar-refractivity contribution is 1.26. The van der Waals surface area contributed by atoms with Crippen molar-refractivity contribution in [1.82, 2.24) is 9.97 Å². The van der Waals surface area contributed by atoms with Crippen molar-refractivity contribution in [3.05, 3.63) is 29.2 Å². The minimum atomic E-state index is -2.28. The van der Waals surface area contributed by atoms with Crippen molar-refractivity contribution in [2.24, 2.45) is 0 Å². The summed E-state index contributed by atoms with van der Waals surface area (Å²) in [6, 6.07) is 1.69. The monoisotopic (exact) mass is 210 g/mol. The Bertz CT molecular complexity index is 568. The Hall–Kier alpha value is -1.35. The van der Waals surface area contributed by atoms with E-state index in [1.54, 1.807) is 12.3 Å². The van der Waals surface area contributed by atoms with Gasteiger partial charge in [-0.15, -0.1) is 0 Å². The van der Waals surface area contributed by atoms with E-state index >= 15 is 0 Å². The third kappa shape index (κ3) is 1.40. The average Bonchev–Trinajstić information content (AvgIpc) is 2.21. The lowest BCUT2D eigenvalue weighted by atomic mass is 10.1. The summed E-state index contributed by atoms with van der Waals surface area (Å²) in [4.78, 5) is 8.01. The van der Waals surface area contributed by atoms with Crippen molar-refractivity contribution in [2.75, 3.05) is 12.3 Å². The molecule has 0 saturated heterocycles. The predicted molar refractivity (Wildman–Crippen MR) is 58.8 cm³/mol. The largest absolute Gasteiger partial charge is 0.373 e. The molecular formula is C10H10ClN3. The van der Waals surface area contributed by atoms with E-state index in [2.05, 4.69) is 15.3 Å². The average molecular weight is 211 g/mol. The molecule has 0 fully saturated rings. The topological polar surface area (TPSA) is 37.8 Å². The van der Waals surface area contributed by atoms with E-state index < -0.39 is 6.98 Å². The van der Waals surface area contributed by atoms with Crippen LogP contribution in [-0.4, -0.2) is 16.9 Å². The number of nitrogens with one attached hydrogen (secondary N) is 1. The van der Waals surface area contributed by atoms with E-state index in [0.29, 0.717) is 10.5 Å². The van der Waals surface area contributed by atoms with E-state index in [0.717, 1.165) is 10.9 Å². The molecule has 3 nitrogen and oxygen atoms in total.